The molecule has 0 amide bonds. The number of halogens is 1. The summed E-state index contributed by atoms with van der Waals surface area (Å²) in [6, 6.07) is 9.38. The molecule has 0 spiro atoms. The molecule has 0 atom stereocenters. The number of methoxy groups -OCH3 is 1. The highest BCUT2D eigenvalue weighted by atomic mass is 35.5. The molecule has 6 heteroatoms. The molecule has 1 aromatic heterocycles. The predicted octanol–water partition coefficient (Wildman–Crippen LogP) is 2.60. The van der Waals surface area contributed by atoms with E-state index >= 15 is 0 Å². The van der Waals surface area contributed by atoms with Gasteiger partial charge in [0.25, 0.3) is 0 Å². The summed E-state index contributed by atoms with van der Waals surface area (Å²) in [6.07, 6.45) is 0. The molecule has 1 aromatic carbocycles. The van der Waals surface area contributed by atoms with E-state index in [9.17, 15) is 0 Å². The quantitative estimate of drug-likeness (QED) is 0.831. The smallest absolute Gasteiger partial charge is 0.223 e. The van der Waals surface area contributed by atoms with E-state index in [-0.39, 0.29) is 5.95 Å². The van der Waals surface area contributed by atoms with E-state index in [4.69, 9.17) is 22.1 Å². The first-order valence-corrected chi connectivity index (χ1v) is 5.71. The van der Waals surface area contributed by atoms with Crippen molar-refractivity contribution in [3.8, 4) is 0 Å². The molecule has 2 aromatic rings. The lowest BCUT2D eigenvalue weighted by molar-refractivity contribution is 0.185. The van der Waals surface area contributed by atoms with Gasteiger partial charge in [0.15, 0.2) is 0 Å². The van der Waals surface area contributed by atoms with Gasteiger partial charge in [-0.1, -0.05) is 29.8 Å². The molecule has 3 N–H and O–H groups in total. The average Bonchev–Trinajstić information content (AvgIpc) is 2.30. The number of para-hydroxylation sites is 1. The van der Waals surface area contributed by atoms with Crippen LogP contribution >= 0.6 is 11.6 Å². The second-order valence-electron chi connectivity index (χ2n) is 3.65. The van der Waals surface area contributed by atoms with Crippen LogP contribution in [0.3, 0.4) is 0 Å². The van der Waals surface area contributed by atoms with E-state index in [1.807, 2.05) is 24.3 Å². The zero-order valence-electron chi connectivity index (χ0n) is 9.85. The molecule has 0 aliphatic rings. The molecule has 0 fully saturated rings. The van der Waals surface area contributed by atoms with Gasteiger partial charge in [-0.2, -0.15) is 4.98 Å². The number of hydrogen-bond donors (Lipinski definition) is 2. The van der Waals surface area contributed by atoms with Gasteiger partial charge >= 0.3 is 0 Å². The maximum atomic E-state index is 5.82. The largest absolute Gasteiger partial charge is 0.380 e. The van der Waals surface area contributed by atoms with Gasteiger partial charge in [0, 0.05) is 24.4 Å². The summed E-state index contributed by atoms with van der Waals surface area (Å²) in [5, 5.41) is 3.44. The van der Waals surface area contributed by atoms with Crippen molar-refractivity contribution in [2.24, 2.45) is 0 Å². The van der Waals surface area contributed by atoms with Gasteiger partial charge in [0.2, 0.25) is 5.95 Å². The lowest BCUT2D eigenvalue weighted by Gasteiger charge is -2.11. The third-order valence-corrected chi connectivity index (χ3v) is 2.49. The highest BCUT2D eigenvalue weighted by Crippen LogP contribution is 2.22. The minimum absolute atomic E-state index is 0.134. The van der Waals surface area contributed by atoms with Crippen molar-refractivity contribution in [2.75, 3.05) is 18.2 Å². The zero-order chi connectivity index (χ0) is 13.0. The fraction of sp³-hybridized carbons (Fsp3) is 0.167. The standard InChI is InChI=1S/C12H13ClN4O/c1-18-7-8-4-2-3-5-9(8)15-11-6-10(13)16-12(14)17-11/h2-6H,7H2,1H3,(H3,14,15,16,17). The predicted molar refractivity (Wildman–Crippen MR) is 71.9 cm³/mol. The monoisotopic (exact) mass is 264 g/mol. The summed E-state index contributed by atoms with van der Waals surface area (Å²) in [5.41, 5.74) is 7.46. The molecular weight excluding hydrogens is 252 g/mol. The summed E-state index contributed by atoms with van der Waals surface area (Å²) in [4.78, 5) is 7.86. The number of nitrogens with one attached hydrogen (secondary N) is 1. The minimum atomic E-state index is 0.134. The molecule has 1 heterocycles. The second-order valence-corrected chi connectivity index (χ2v) is 4.04. The van der Waals surface area contributed by atoms with Crippen LogP contribution in [0.15, 0.2) is 30.3 Å². The summed E-state index contributed by atoms with van der Waals surface area (Å²) in [6.45, 7) is 0.511. The van der Waals surface area contributed by atoms with E-state index in [0.717, 1.165) is 11.3 Å². The summed E-state index contributed by atoms with van der Waals surface area (Å²) in [7, 11) is 1.65. The number of rotatable bonds is 4. The molecule has 0 radical (unpaired) electrons. The molecule has 0 saturated heterocycles. The van der Waals surface area contributed by atoms with Crippen LogP contribution in [0.25, 0.3) is 0 Å². The minimum Gasteiger partial charge on any atom is -0.380 e. The molecule has 0 unspecified atom stereocenters. The lowest BCUT2D eigenvalue weighted by atomic mass is 10.2. The Morgan fingerprint density at radius 2 is 2.11 bits per heavy atom. The van der Waals surface area contributed by atoms with Crippen LogP contribution in [0, 0.1) is 0 Å². The van der Waals surface area contributed by atoms with Crippen molar-refractivity contribution in [3.05, 3.63) is 41.0 Å². The van der Waals surface area contributed by atoms with E-state index in [1.54, 1.807) is 13.2 Å². The van der Waals surface area contributed by atoms with Crippen molar-refractivity contribution >= 4 is 29.1 Å². The number of aromatic nitrogens is 2. The first-order chi connectivity index (χ1) is 8.69. The summed E-state index contributed by atoms with van der Waals surface area (Å²) < 4.78 is 5.13. The number of nitrogens with zero attached hydrogens (tertiary/aromatic N) is 2. The summed E-state index contributed by atoms with van der Waals surface area (Å²) in [5.74, 6) is 0.685. The van der Waals surface area contributed by atoms with Gasteiger partial charge in [-0.05, 0) is 6.07 Å². The SMILES string of the molecule is COCc1ccccc1Nc1cc(Cl)nc(N)n1. The highest BCUT2D eigenvalue weighted by Gasteiger charge is 2.04. The third kappa shape index (κ3) is 3.09. The van der Waals surface area contributed by atoms with Gasteiger partial charge in [0.05, 0.1) is 6.61 Å². The van der Waals surface area contributed by atoms with Gasteiger partial charge in [-0.15, -0.1) is 0 Å². The molecule has 5 nitrogen and oxygen atoms in total. The Hall–Kier alpha value is -1.85. The maximum Gasteiger partial charge on any atom is 0.223 e. The van der Waals surface area contributed by atoms with E-state index < -0.39 is 0 Å². The number of hydrogen-bond acceptors (Lipinski definition) is 5. The molecule has 0 aliphatic carbocycles. The highest BCUT2D eigenvalue weighted by molar-refractivity contribution is 6.29. The van der Waals surface area contributed by atoms with Crippen LogP contribution in [-0.2, 0) is 11.3 Å². The Morgan fingerprint density at radius 3 is 2.83 bits per heavy atom. The van der Waals surface area contributed by atoms with Gasteiger partial charge in [-0.3, -0.25) is 0 Å². The van der Waals surface area contributed by atoms with Gasteiger partial charge in [-0.25, -0.2) is 4.98 Å². The molecular formula is C12H13ClN4O. The van der Waals surface area contributed by atoms with Crippen molar-refractivity contribution in [1.29, 1.82) is 0 Å². The fourth-order valence-corrected chi connectivity index (χ4v) is 1.75. The van der Waals surface area contributed by atoms with Crippen LogP contribution in [-0.4, -0.2) is 17.1 Å². The Balaban J connectivity index is 2.27. The number of anilines is 3. The van der Waals surface area contributed by atoms with Crippen molar-refractivity contribution in [3.63, 3.8) is 0 Å². The van der Waals surface area contributed by atoms with Gasteiger partial charge < -0.3 is 15.8 Å². The zero-order valence-corrected chi connectivity index (χ0v) is 10.6. The molecule has 94 valence electrons. The topological polar surface area (TPSA) is 73.1 Å². The molecule has 0 bridgehead atoms. The normalized spacial score (nSPS) is 10.3. The second kappa shape index (κ2) is 5.66. The van der Waals surface area contributed by atoms with E-state index in [1.165, 1.54) is 0 Å². The first kappa shape index (κ1) is 12.6. The Bertz CT molecular complexity index is 527. The van der Waals surface area contributed by atoms with Crippen molar-refractivity contribution in [1.82, 2.24) is 9.97 Å². The molecule has 0 aliphatic heterocycles. The lowest BCUT2D eigenvalue weighted by Crippen LogP contribution is -2.02. The van der Waals surface area contributed by atoms with E-state index in [0.29, 0.717) is 17.6 Å². The van der Waals surface area contributed by atoms with Crippen molar-refractivity contribution in [2.45, 2.75) is 6.61 Å². The van der Waals surface area contributed by atoms with Crippen molar-refractivity contribution < 1.29 is 4.74 Å². The summed E-state index contributed by atoms with van der Waals surface area (Å²) >= 11 is 5.82. The number of ether oxygens (including phenoxy) is 1. The van der Waals surface area contributed by atoms with Crippen LogP contribution in [0.2, 0.25) is 5.15 Å². The third-order valence-electron chi connectivity index (χ3n) is 2.29. The Labute approximate surface area is 110 Å². The van der Waals surface area contributed by atoms with Crippen LogP contribution in [0.4, 0.5) is 17.5 Å². The Morgan fingerprint density at radius 1 is 1.33 bits per heavy atom. The van der Waals surface area contributed by atoms with E-state index in [2.05, 4.69) is 15.3 Å². The van der Waals surface area contributed by atoms with Crippen LogP contribution < -0.4 is 11.1 Å². The number of benzene rings is 1. The van der Waals surface area contributed by atoms with Gasteiger partial charge in [0.1, 0.15) is 11.0 Å². The maximum absolute atomic E-state index is 5.82. The average molecular weight is 265 g/mol. The number of nitrogens with two attached hydrogens (primary N) is 1. The van der Waals surface area contributed by atoms with Crippen LogP contribution in [0.5, 0.6) is 0 Å². The fourth-order valence-electron chi connectivity index (χ4n) is 1.56. The number of nitrogen functional groups attached to an aromatic ring is 1. The molecule has 0 saturated carbocycles. The first-order valence-electron chi connectivity index (χ1n) is 5.33. The Kier molecular flexibility index (Phi) is 3.96. The molecule has 2 rings (SSSR count). The van der Waals surface area contributed by atoms with Crippen LogP contribution in [0.1, 0.15) is 5.56 Å². The molecule has 18 heavy (non-hydrogen) atoms.